The number of hydrogen-bond donors (Lipinski definition) is 2. The normalized spacial score (nSPS) is 10.4. The first-order chi connectivity index (χ1) is 12.2. The monoisotopic (exact) mass is 342 g/mol. The van der Waals surface area contributed by atoms with Gasteiger partial charge < -0.3 is 20.5 Å². The number of para-hydroxylation sites is 1. The fraction of sp³-hybridized carbons (Fsp3) is 0.350. The molecular formula is C20H26N2O3. The zero-order chi connectivity index (χ0) is 17.9. The molecule has 2 aromatic rings. The molecule has 0 unspecified atom stereocenters. The molecule has 0 saturated heterocycles. The third-order valence-electron chi connectivity index (χ3n) is 3.89. The van der Waals surface area contributed by atoms with Gasteiger partial charge in [-0.1, -0.05) is 30.3 Å². The quantitative estimate of drug-likeness (QED) is 0.514. The molecule has 0 aliphatic carbocycles. The van der Waals surface area contributed by atoms with Gasteiger partial charge in [0.05, 0.1) is 13.7 Å². The van der Waals surface area contributed by atoms with Crippen LogP contribution in [-0.2, 0) is 22.6 Å². The minimum absolute atomic E-state index is 0.0402. The molecule has 0 atom stereocenters. The Balaban J connectivity index is 1.53. The summed E-state index contributed by atoms with van der Waals surface area (Å²) < 4.78 is 10.7. The van der Waals surface area contributed by atoms with E-state index in [-0.39, 0.29) is 5.91 Å². The molecule has 0 aliphatic heterocycles. The lowest BCUT2D eigenvalue weighted by Gasteiger charge is -2.08. The van der Waals surface area contributed by atoms with E-state index in [1.54, 1.807) is 7.11 Å². The van der Waals surface area contributed by atoms with Crippen LogP contribution in [0.2, 0.25) is 0 Å². The van der Waals surface area contributed by atoms with E-state index in [1.807, 2.05) is 48.5 Å². The molecule has 0 aromatic heterocycles. The van der Waals surface area contributed by atoms with Gasteiger partial charge in [0.1, 0.15) is 5.75 Å². The minimum atomic E-state index is 0.0402. The van der Waals surface area contributed by atoms with Crippen molar-refractivity contribution in [3.63, 3.8) is 0 Å². The fourth-order valence-electron chi connectivity index (χ4n) is 2.41. The maximum absolute atomic E-state index is 11.8. The molecule has 5 heteroatoms. The number of amides is 1. The van der Waals surface area contributed by atoms with Crippen molar-refractivity contribution >= 4 is 11.6 Å². The molecule has 0 bridgehead atoms. The Morgan fingerprint density at radius 3 is 2.60 bits per heavy atom. The van der Waals surface area contributed by atoms with Crippen LogP contribution >= 0.6 is 0 Å². The predicted octanol–water partition coefficient (Wildman–Crippen LogP) is 2.93. The van der Waals surface area contributed by atoms with E-state index in [2.05, 4.69) is 5.32 Å². The van der Waals surface area contributed by atoms with Crippen LogP contribution in [0.3, 0.4) is 0 Å². The summed E-state index contributed by atoms with van der Waals surface area (Å²) in [6, 6.07) is 15.4. The molecule has 5 nitrogen and oxygen atoms in total. The summed E-state index contributed by atoms with van der Waals surface area (Å²) in [7, 11) is 1.65. The number of hydrogen-bond acceptors (Lipinski definition) is 4. The Morgan fingerprint density at radius 1 is 1.12 bits per heavy atom. The number of ether oxygens (including phenoxy) is 2. The molecule has 3 N–H and O–H groups in total. The average molecular weight is 342 g/mol. The summed E-state index contributed by atoms with van der Waals surface area (Å²) in [4.78, 5) is 11.8. The minimum Gasteiger partial charge on any atom is -0.497 e. The van der Waals surface area contributed by atoms with E-state index >= 15 is 0 Å². The third kappa shape index (κ3) is 6.85. The number of nitrogens with two attached hydrogens (primary N) is 1. The van der Waals surface area contributed by atoms with Crippen molar-refractivity contribution < 1.29 is 14.3 Å². The smallest absolute Gasteiger partial charge is 0.220 e. The van der Waals surface area contributed by atoms with Gasteiger partial charge in [0.15, 0.2) is 0 Å². The molecule has 0 radical (unpaired) electrons. The lowest BCUT2D eigenvalue weighted by atomic mass is 10.1. The number of nitrogen functional groups attached to an aromatic ring is 1. The molecule has 1 amide bonds. The SMILES string of the molecule is COc1ccc(COCCCNC(=O)CCc2ccccc2N)cc1. The number of carbonyl (C=O) groups is 1. The van der Waals surface area contributed by atoms with Gasteiger partial charge >= 0.3 is 0 Å². The highest BCUT2D eigenvalue weighted by atomic mass is 16.5. The Labute approximate surface area is 149 Å². The van der Waals surface area contributed by atoms with Crippen LogP contribution in [0.15, 0.2) is 48.5 Å². The fourth-order valence-corrected chi connectivity index (χ4v) is 2.41. The van der Waals surface area contributed by atoms with Crippen LogP contribution in [0.1, 0.15) is 24.0 Å². The Kier molecular flexibility index (Phi) is 7.79. The maximum Gasteiger partial charge on any atom is 0.220 e. The Hall–Kier alpha value is -2.53. The lowest BCUT2D eigenvalue weighted by molar-refractivity contribution is -0.121. The summed E-state index contributed by atoms with van der Waals surface area (Å²) in [5, 5.41) is 2.91. The van der Waals surface area contributed by atoms with Crippen LogP contribution in [0.5, 0.6) is 5.75 Å². The first-order valence-corrected chi connectivity index (χ1v) is 8.50. The van der Waals surface area contributed by atoms with Gasteiger partial charge in [0, 0.05) is 25.3 Å². The maximum atomic E-state index is 11.8. The van der Waals surface area contributed by atoms with E-state index in [1.165, 1.54) is 0 Å². The largest absolute Gasteiger partial charge is 0.497 e. The second kappa shape index (κ2) is 10.4. The molecule has 0 aliphatic rings. The number of anilines is 1. The summed E-state index contributed by atoms with van der Waals surface area (Å²) >= 11 is 0. The molecular weight excluding hydrogens is 316 g/mol. The van der Waals surface area contributed by atoms with Gasteiger partial charge in [-0.2, -0.15) is 0 Å². The molecule has 0 spiro atoms. The molecule has 2 aromatic carbocycles. The number of methoxy groups -OCH3 is 1. The highest BCUT2D eigenvalue weighted by molar-refractivity contribution is 5.76. The molecule has 0 fully saturated rings. The molecule has 25 heavy (non-hydrogen) atoms. The van der Waals surface area contributed by atoms with Crippen molar-refractivity contribution in [2.75, 3.05) is 26.0 Å². The predicted molar refractivity (Wildman–Crippen MR) is 99.5 cm³/mol. The molecule has 134 valence electrons. The molecule has 2 rings (SSSR count). The van der Waals surface area contributed by atoms with Crippen molar-refractivity contribution in [1.29, 1.82) is 0 Å². The van der Waals surface area contributed by atoms with Crippen molar-refractivity contribution in [3.8, 4) is 5.75 Å². The number of rotatable bonds is 10. The van der Waals surface area contributed by atoms with Gasteiger partial charge in [-0.25, -0.2) is 0 Å². The highest BCUT2D eigenvalue weighted by Crippen LogP contribution is 2.13. The van der Waals surface area contributed by atoms with Crippen molar-refractivity contribution in [3.05, 3.63) is 59.7 Å². The molecule has 0 saturated carbocycles. The summed E-state index contributed by atoms with van der Waals surface area (Å²) in [5.74, 6) is 0.877. The van der Waals surface area contributed by atoms with E-state index in [9.17, 15) is 4.79 Å². The number of carbonyl (C=O) groups excluding carboxylic acids is 1. The first-order valence-electron chi connectivity index (χ1n) is 8.50. The van der Waals surface area contributed by atoms with Gasteiger partial charge in [-0.15, -0.1) is 0 Å². The van der Waals surface area contributed by atoms with Gasteiger partial charge in [0.2, 0.25) is 5.91 Å². The summed E-state index contributed by atoms with van der Waals surface area (Å²) in [6.07, 6.45) is 1.89. The number of aryl methyl sites for hydroxylation is 1. The number of benzene rings is 2. The van der Waals surface area contributed by atoms with Crippen molar-refractivity contribution in [2.24, 2.45) is 0 Å². The summed E-state index contributed by atoms with van der Waals surface area (Å²) in [6.45, 7) is 1.79. The van der Waals surface area contributed by atoms with Gasteiger partial charge in [0.25, 0.3) is 0 Å². The van der Waals surface area contributed by atoms with Crippen LogP contribution in [0.25, 0.3) is 0 Å². The summed E-state index contributed by atoms with van der Waals surface area (Å²) in [5.41, 5.74) is 8.73. The van der Waals surface area contributed by atoms with Crippen LogP contribution in [0.4, 0.5) is 5.69 Å². The third-order valence-corrected chi connectivity index (χ3v) is 3.89. The van der Waals surface area contributed by atoms with E-state index in [0.29, 0.717) is 32.6 Å². The Morgan fingerprint density at radius 2 is 1.88 bits per heavy atom. The zero-order valence-corrected chi connectivity index (χ0v) is 14.7. The van der Waals surface area contributed by atoms with Crippen molar-refractivity contribution in [1.82, 2.24) is 5.32 Å². The highest BCUT2D eigenvalue weighted by Gasteiger charge is 2.04. The van der Waals surface area contributed by atoms with Crippen LogP contribution in [-0.4, -0.2) is 26.2 Å². The van der Waals surface area contributed by atoms with E-state index < -0.39 is 0 Å². The number of nitrogens with one attached hydrogen (secondary N) is 1. The second-order valence-electron chi connectivity index (χ2n) is 5.80. The lowest BCUT2D eigenvalue weighted by Crippen LogP contribution is -2.25. The topological polar surface area (TPSA) is 73.6 Å². The van der Waals surface area contributed by atoms with E-state index in [4.69, 9.17) is 15.2 Å². The van der Waals surface area contributed by atoms with Gasteiger partial charge in [-0.3, -0.25) is 4.79 Å². The van der Waals surface area contributed by atoms with Crippen LogP contribution < -0.4 is 15.8 Å². The standard InChI is InChI=1S/C20H26N2O3/c1-24-18-10-7-16(8-11-18)15-25-14-4-13-22-20(23)12-9-17-5-2-3-6-19(17)21/h2-3,5-8,10-11H,4,9,12-15,21H2,1H3,(H,22,23). The Bertz CT molecular complexity index is 656. The average Bonchev–Trinajstić information content (AvgIpc) is 2.64. The van der Waals surface area contributed by atoms with E-state index in [0.717, 1.165) is 29.0 Å². The first kappa shape index (κ1) is 18.8. The molecule has 0 heterocycles. The van der Waals surface area contributed by atoms with Crippen molar-refractivity contribution in [2.45, 2.75) is 25.9 Å². The second-order valence-corrected chi connectivity index (χ2v) is 5.80. The van der Waals surface area contributed by atoms with Gasteiger partial charge in [-0.05, 0) is 42.2 Å². The van der Waals surface area contributed by atoms with Crippen LogP contribution in [0, 0.1) is 0 Å². The zero-order valence-electron chi connectivity index (χ0n) is 14.7.